The number of hydrogen-bond donors (Lipinski definition) is 2. The molecule has 5 nitrogen and oxygen atoms in total. The summed E-state index contributed by atoms with van der Waals surface area (Å²) in [4.78, 5) is 19.2. The Balaban J connectivity index is 2.30. The number of aryl methyl sites for hydroxylation is 2. The number of aromatic carboxylic acids is 1. The number of carboxylic acids is 1. The van der Waals surface area contributed by atoms with Crippen molar-refractivity contribution in [3.8, 4) is 0 Å². The predicted octanol–water partition coefficient (Wildman–Crippen LogP) is 3.19. The minimum absolute atomic E-state index is 0.144. The van der Waals surface area contributed by atoms with Crippen LogP contribution in [0.15, 0.2) is 24.3 Å². The zero-order valence-corrected chi connectivity index (χ0v) is 11.2. The highest BCUT2D eigenvalue weighted by Gasteiger charge is 2.08. The van der Waals surface area contributed by atoms with Gasteiger partial charge in [-0.1, -0.05) is 11.6 Å². The molecule has 2 aromatic rings. The van der Waals surface area contributed by atoms with E-state index in [0.29, 0.717) is 22.4 Å². The topological polar surface area (TPSA) is 75.1 Å². The summed E-state index contributed by atoms with van der Waals surface area (Å²) in [6, 6.07) is 6.28. The summed E-state index contributed by atoms with van der Waals surface area (Å²) in [5.41, 5.74) is 1.59. The number of carbonyl (C=O) groups is 1. The fourth-order valence-corrected chi connectivity index (χ4v) is 1.90. The fourth-order valence-electron chi connectivity index (χ4n) is 1.67. The molecule has 0 aliphatic heterocycles. The van der Waals surface area contributed by atoms with E-state index in [1.54, 1.807) is 19.1 Å². The number of nitrogens with zero attached hydrogens (tertiary/aromatic N) is 2. The van der Waals surface area contributed by atoms with E-state index >= 15 is 0 Å². The molecule has 0 atom stereocenters. The van der Waals surface area contributed by atoms with Gasteiger partial charge >= 0.3 is 5.97 Å². The molecule has 0 spiro atoms. The second kappa shape index (κ2) is 5.24. The van der Waals surface area contributed by atoms with Crippen LogP contribution in [-0.2, 0) is 0 Å². The summed E-state index contributed by atoms with van der Waals surface area (Å²) in [5, 5.41) is 12.2. The van der Waals surface area contributed by atoms with E-state index in [0.717, 1.165) is 5.69 Å². The summed E-state index contributed by atoms with van der Waals surface area (Å²) >= 11 is 6.03. The van der Waals surface area contributed by atoms with Crippen molar-refractivity contribution in [2.45, 2.75) is 13.8 Å². The lowest BCUT2D eigenvalue weighted by Crippen LogP contribution is -2.01. The van der Waals surface area contributed by atoms with Crippen LogP contribution in [0.4, 0.5) is 11.5 Å². The Kier molecular flexibility index (Phi) is 3.66. The van der Waals surface area contributed by atoms with E-state index in [2.05, 4.69) is 15.3 Å². The van der Waals surface area contributed by atoms with Crippen LogP contribution in [0.25, 0.3) is 0 Å². The summed E-state index contributed by atoms with van der Waals surface area (Å²) < 4.78 is 0. The summed E-state index contributed by atoms with van der Waals surface area (Å²) in [7, 11) is 0. The van der Waals surface area contributed by atoms with Crippen molar-refractivity contribution in [2.24, 2.45) is 0 Å². The molecule has 19 heavy (non-hydrogen) atoms. The lowest BCUT2D eigenvalue weighted by molar-refractivity contribution is 0.0697. The van der Waals surface area contributed by atoms with Gasteiger partial charge in [0.25, 0.3) is 0 Å². The van der Waals surface area contributed by atoms with Crippen molar-refractivity contribution in [1.29, 1.82) is 0 Å². The van der Waals surface area contributed by atoms with Crippen molar-refractivity contribution in [2.75, 3.05) is 5.32 Å². The first-order chi connectivity index (χ1) is 8.95. The van der Waals surface area contributed by atoms with Crippen LogP contribution < -0.4 is 5.32 Å². The van der Waals surface area contributed by atoms with Gasteiger partial charge in [-0.05, 0) is 32.0 Å². The molecule has 0 aliphatic rings. The minimum atomic E-state index is -1.01. The van der Waals surface area contributed by atoms with Crippen LogP contribution in [0.2, 0.25) is 5.02 Å². The lowest BCUT2D eigenvalue weighted by atomic mass is 10.2. The average molecular weight is 278 g/mol. The largest absolute Gasteiger partial charge is 0.478 e. The van der Waals surface area contributed by atoms with Crippen molar-refractivity contribution < 1.29 is 9.90 Å². The third kappa shape index (κ3) is 3.20. The highest BCUT2D eigenvalue weighted by Crippen LogP contribution is 2.26. The van der Waals surface area contributed by atoms with Crippen molar-refractivity contribution >= 4 is 29.1 Å². The average Bonchev–Trinajstić information content (AvgIpc) is 2.30. The number of nitrogens with one attached hydrogen (secondary N) is 1. The van der Waals surface area contributed by atoms with Crippen LogP contribution in [0.1, 0.15) is 21.9 Å². The molecule has 0 unspecified atom stereocenters. The van der Waals surface area contributed by atoms with Crippen molar-refractivity contribution in [1.82, 2.24) is 9.97 Å². The molecule has 0 saturated heterocycles. The first-order valence-electron chi connectivity index (χ1n) is 5.58. The third-order valence-corrected chi connectivity index (χ3v) is 2.76. The summed E-state index contributed by atoms with van der Waals surface area (Å²) in [6.07, 6.45) is 0. The molecule has 0 bridgehead atoms. The van der Waals surface area contributed by atoms with E-state index in [-0.39, 0.29) is 5.56 Å². The summed E-state index contributed by atoms with van der Waals surface area (Å²) in [6.45, 7) is 3.67. The van der Waals surface area contributed by atoms with Gasteiger partial charge in [0.05, 0.1) is 16.3 Å². The Labute approximate surface area is 115 Å². The maximum Gasteiger partial charge on any atom is 0.335 e. The number of rotatable bonds is 3. The van der Waals surface area contributed by atoms with Gasteiger partial charge < -0.3 is 10.4 Å². The van der Waals surface area contributed by atoms with Gasteiger partial charge in [-0.25, -0.2) is 14.8 Å². The minimum Gasteiger partial charge on any atom is -0.478 e. The smallest absolute Gasteiger partial charge is 0.335 e. The van der Waals surface area contributed by atoms with Gasteiger partial charge in [-0.15, -0.1) is 0 Å². The quantitative estimate of drug-likeness (QED) is 0.901. The molecule has 2 N–H and O–H groups in total. The molecule has 0 saturated carbocycles. The van der Waals surface area contributed by atoms with Gasteiger partial charge in [0, 0.05) is 11.8 Å². The Morgan fingerprint density at radius 3 is 2.58 bits per heavy atom. The van der Waals surface area contributed by atoms with E-state index in [4.69, 9.17) is 16.7 Å². The van der Waals surface area contributed by atoms with Gasteiger partial charge in [-0.2, -0.15) is 0 Å². The SMILES string of the molecule is Cc1cc(Nc2ccc(C(=O)O)cc2Cl)nc(C)n1. The number of aromatic nitrogens is 2. The fraction of sp³-hybridized carbons (Fsp3) is 0.154. The van der Waals surface area contributed by atoms with Crippen molar-refractivity contribution in [3.63, 3.8) is 0 Å². The highest BCUT2D eigenvalue weighted by atomic mass is 35.5. The Bertz CT molecular complexity index is 624. The molecule has 1 aromatic carbocycles. The molecule has 0 fully saturated rings. The number of carboxylic acid groups (broad SMARTS) is 1. The van der Waals surface area contributed by atoms with Gasteiger partial charge in [0.1, 0.15) is 11.6 Å². The molecular weight excluding hydrogens is 266 g/mol. The molecule has 2 rings (SSSR count). The van der Waals surface area contributed by atoms with Gasteiger partial charge in [0.15, 0.2) is 0 Å². The maximum absolute atomic E-state index is 10.8. The summed E-state index contributed by atoms with van der Waals surface area (Å²) in [5.74, 6) is 0.262. The first-order valence-corrected chi connectivity index (χ1v) is 5.95. The van der Waals surface area contributed by atoms with E-state index < -0.39 is 5.97 Å². The molecular formula is C13H12ClN3O2. The lowest BCUT2D eigenvalue weighted by Gasteiger charge is -2.09. The monoisotopic (exact) mass is 277 g/mol. The number of anilines is 2. The molecule has 98 valence electrons. The third-order valence-electron chi connectivity index (χ3n) is 2.44. The van der Waals surface area contributed by atoms with Gasteiger partial charge in [-0.3, -0.25) is 0 Å². The Morgan fingerprint density at radius 1 is 1.26 bits per heavy atom. The standard InChI is InChI=1S/C13H12ClN3O2/c1-7-5-12(16-8(2)15-7)17-11-4-3-9(13(18)19)6-10(11)14/h3-6H,1-2H3,(H,18,19)(H,15,16,17). The van der Waals surface area contributed by atoms with Crippen LogP contribution in [0, 0.1) is 13.8 Å². The Morgan fingerprint density at radius 2 is 2.00 bits per heavy atom. The molecule has 0 radical (unpaired) electrons. The number of benzene rings is 1. The Hall–Kier alpha value is -2.14. The zero-order chi connectivity index (χ0) is 14.0. The van der Waals surface area contributed by atoms with Crippen LogP contribution in [0.3, 0.4) is 0 Å². The molecule has 6 heteroatoms. The second-order valence-corrected chi connectivity index (χ2v) is 4.47. The predicted molar refractivity (Wildman–Crippen MR) is 73.2 cm³/mol. The maximum atomic E-state index is 10.8. The number of halogens is 1. The molecule has 0 amide bonds. The van der Waals surface area contributed by atoms with E-state index in [1.807, 2.05) is 6.92 Å². The molecule has 1 heterocycles. The first kappa shape index (κ1) is 13.3. The highest BCUT2D eigenvalue weighted by molar-refractivity contribution is 6.33. The zero-order valence-electron chi connectivity index (χ0n) is 10.4. The second-order valence-electron chi connectivity index (χ2n) is 4.07. The molecule has 0 aliphatic carbocycles. The van der Waals surface area contributed by atoms with Gasteiger partial charge in [0.2, 0.25) is 0 Å². The van der Waals surface area contributed by atoms with Crippen LogP contribution in [-0.4, -0.2) is 21.0 Å². The van der Waals surface area contributed by atoms with E-state index in [1.165, 1.54) is 12.1 Å². The normalized spacial score (nSPS) is 10.3. The molecule has 1 aromatic heterocycles. The van der Waals surface area contributed by atoms with E-state index in [9.17, 15) is 4.79 Å². The number of hydrogen-bond acceptors (Lipinski definition) is 4. The van der Waals surface area contributed by atoms with Crippen LogP contribution >= 0.6 is 11.6 Å². The van der Waals surface area contributed by atoms with Crippen LogP contribution in [0.5, 0.6) is 0 Å². The van der Waals surface area contributed by atoms with Crippen molar-refractivity contribution in [3.05, 3.63) is 46.4 Å².